The number of rotatable bonds is 4. The monoisotopic (exact) mass is 219 g/mol. The van der Waals surface area contributed by atoms with E-state index in [2.05, 4.69) is 0 Å². The van der Waals surface area contributed by atoms with Crippen molar-refractivity contribution in [2.24, 2.45) is 5.92 Å². The van der Waals surface area contributed by atoms with Crippen LogP contribution in [0.1, 0.15) is 6.42 Å². The smallest absolute Gasteiger partial charge is 0.304 e. The molecule has 0 saturated carbocycles. The van der Waals surface area contributed by atoms with E-state index in [1.807, 2.05) is 0 Å². The zero-order valence-electron chi connectivity index (χ0n) is 8.41. The molecule has 0 radical (unpaired) electrons. The Morgan fingerprint density at radius 3 is 2.53 bits per heavy atom. The van der Waals surface area contributed by atoms with Crippen LogP contribution in [-0.2, 0) is 4.79 Å². The summed E-state index contributed by atoms with van der Waals surface area (Å²) in [5.74, 6) is -1.29. The molecule has 0 amide bonds. The van der Waals surface area contributed by atoms with Crippen LogP contribution in [-0.4, -0.2) is 69.7 Å². The third kappa shape index (κ3) is 3.42. The maximum Gasteiger partial charge on any atom is 0.304 e. The molecular formula is C9H17NO5. The highest BCUT2D eigenvalue weighted by Gasteiger charge is 2.33. The van der Waals surface area contributed by atoms with Gasteiger partial charge in [0.05, 0.1) is 18.6 Å². The summed E-state index contributed by atoms with van der Waals surface area (Å²) in [6, 6.07) is 0. The van der Waals surface area contributed by atoms with Crippen LogP contribution in [0.25, 0.3) is 0 Å². The predicted molar refractivity (Wildman–Crippen MR) is 51.3 cm³/mol. The summed E-state index contributed by atoms with van der Waals surface area (Å²) < 4.78 is 0. The number of piperidine rings is 1. The van der Waals surface area contributed by atoms with Crippen molar-refractivity contribution in [1.82, 2.24) is 4.90 Å². The van der Waals surface area contributed by atoms with E-state index in [-0.39, 0.29) is 19.6 Å². The van der Waals surface area contributed by atoms with E-state index in [0.717, 1.165) is 0 Å². The lowest BCUT2D eigenvalue weighted by Gasteiger charge is -2.38. The standard InChI is InChI=1S/C9H17NO5/c11-5-6-3-10(2-1-8(13)14)4-7(12)9(6)15/h6-7,9,11-12,15H,1-5H2,(H,13,14)/t6-,7-,9-/m1/s1. The molecule has 1 rings (SSSR count). The first-order chi connectivity index (χ1) is 7.04. The van der Waals surface area contributed by atoms with Crippen LogP contribution < -0.4 is 0 Å². The molecule has 1 saturated heterocycles. The molecule has 0 aromatic rings. The minimum Gasteiger partial charge on any atom is -0.481 e. The molecule has 1 heterocycles. The van der Waals surface area contributed by atoms with Gasteiger partial charge in [-0.05, 0) is 0 Å². The molecule has 4 N–H and O–H groups in total. The fourth-order valence-corrected chi connectivity index (χ4v) is 1.80. The van der Waals surface area contributed by atoms with Crippen molar-refractivity contribution in [3.63, 3.8) is 0 Å². The number of carbonyl (C=O) groups is 1. The number of aliphatic hydroxyl groups excluding tert-OH is 3. The SMILES string of the molecule is O=C(O)CCN1C[C@H](CO)[C@@H](O)[C@H](O)C1. The van der Waals surface area contributed by atoms with E-state index < -0.39 is 24.1 Å². The lowest BCUT2D eigenvalue weighted by molar-refractivity contribution is -0.138. The van der Waals surface area contributed by atoms with Crippen molar-refractivity contribution in [1.29, 1.82) is 0 Å². The quantitative estimate of drug-likeness (QED) is 0.441. The minimum absolute atomic E-state index is 0.000956. The van der Waals surface area contributed by atoms with Gasteiger partial charge in [0.2, 0.25) is 0 Å². The Labute approximate surface area is 87.8 Å². The molecule has 6 nitrogen and oxygen atoms in total. The summed E-state index contributed by atoms with van der Waals surface area (Å²) in [4.78, 5) is 12.1. The Balaban J connectivity index is 2.44. The molecule has 6 heteroatoms. The van der Waals surface area contributed by atoms with Crippen molar-refractivity contribution in [2.75, 3.05) is 26.2 Å². The third-order valence-corrected chi connectivity index (χ3v) is 2.69. The van der Waals surface area contributed by atoms with Gasteiger partial charge in [-0.3, -0.25) is 9.69 Å². The molecular weight excluding hydrogens is 202 g/mol. The molecule has 1 fully saturated rings. The fraction of sp³-hybridized carbons (Fsp3) is 0.889. The zero-order chi connectivity index (χ0) is 11.4. The van der Waals surface area contributed by atoms with Gasteiger partial charge in [0, 0.05) is 32.2 Å². The molecule has 0 bridgehead atoms. The van der Waals surface area contributed by atoms with Gasteiger partial charge in [0.25, 0.3) is 0 Å². The second-order valence-corrected chi connectivity index (χ2v) is 3.90. The Morgan fingerprint density at radius 1 is 1.33 bits per heavy atom. The first-order valence-corrected chi connectivity index (χ1v) is 4.95. The summed E-state index contributed by atoms with van der Waals surface area (Å²) in [5, 5.41) is 36.4. The number of hydrogen-bond donors (Lipinski definition) is 4. The van der Waals surface area contributed by atoms with E-state index in [9.17, 15) is 15.0 Å². The first-order valence-electron chi connectivity index (χ1n) is 4.95. The summed E-state index contributed by atoms with van der Waals surface area (Å²) in [6.45, 7) is 0.796. The van der Waals surface area contributed by atoms with Crippen LogP contribution in [0.3, 0.4) is 0 Å². The van der Waals surface area contributed by atoms with Gasteiger partial charge in [-0.1, -0.05) is 0 Å². The van der Waals surface area contributed by atoms with Crippen molar-refractivity contribution < 1.29 is 25.2 Å². The highest BCUT2D eigenvalue weighted by atomic mass is 16.4. The van der Waals surface area contributed by atoms with E-state index in [1.54, 1.807) is 4.90 Å². The molecule has 0 unspecified atom stereocenters. The molecule has 3 atom stereocenters. The van der Waals surface area contributed by atoms with E-state index in [1.165, 1.54) is 0 Å². The first kappa shape index (κ1) is 12.4. The van der Waals surface area contributed by atoms with Crippen LogP contribution in [0, 0.1) is 5.92 Å². The topological polar surface area (TPSA) is 101 Å². The number of likely N-dealkylation sites (tertiary alicyclic amines) is 1. The Bertz CT molecular complexity index is 223. The van der Waals surface area contributed by atoms with Crippen LogP contribution in [0.4, 0.5) is 0 Å². The number of carboxylic acids is 1. The second kappa shape index (κ2) is 5.41. The molecule has 15 heavy (non-hydrogen) atoms. The summed E-state index contributed by atoms with van der Waals surface area (Å²) in [7, 11) is 0. The number of carboxylic acid groups (broad SMARTS) is 1. The number of aliphatic carboxylic acids is 1. The van der Waals surface area contributed by atoms with Gasteiger partial charge < -0.3 is 20.4 Å². The predicted octanol–water partition coefficient (Wildman–Crippen LogP) is -1.89. The molecule has 0 aliphatic carbocycles. The molecule has 0 spiro atoms. The third-order valence-electron chi connectivity index (χ3n) is 2.69. The van der Waals surface area contributed by atoms with Crippen molar-refractivity contribution in [3.8, 4) is 0 Å². The maximum atomic E-state index is 10.4. The number of nitrogens with zero attached hydrogens (tertiary/aromatic N) is 1. The van der Waals surface area contributed by atoms with Crippen molar-refractivity contribution >= 4 is 5.97 Å². The summed E-state index contributed by atoms with van der Waals surface area (Å²) in [6.07, 6.45) is -1.83. The molecule has 0 aromatic carbocycles. The van der Waals surface area contributed by atoms with E-state index in [0.29, 0.717) is 13.1 Å². The van der Waals surface area contributed by atoms with Crippen LogP contribution in [0.15, 0.2) is 0 Å². The van der Waals surface area contributed by atoms with Gasteiger partial charge in [0.15, 0.2) is 0 Å². The van der Waals surface area contributed by atoms with Crippen molar-refractivity contribution in [3.05, 3.63) is 0 Å². The minimum atomic E-state index is -0.920. The van der Waals surface area contributed by atoms with E-state index >= 15 is 0 Å². The van der Waals surface area contributed by atoms with Crippen LogP contribution in [0.2, 0.25) is 0 Å². The second-order valence-electron chi connectivity index (χ2n) is 3.90. The van der Waals surface area contributed by atoms with Crippen LogP contribution >= 0.6 is 0 Å². The summed E-state index contributed by atoms with van der Waals surface area (Å²) >= 11 is 0. The highest BCUT2D eigenvalue weighted by molar-refractivity contribution is 5.66. The average Bonchev–Trinajstić information content (AvgIpc) is 2.19. The average molecular weight is 219 g/mol. The van der Waals surface area contributed by atoms with Gasteiger partial charge in [0.1, 0.15) is 0 Å². The van der Waals surface area contributed by atoms with Crippen LogP contribution in [0.5, 0.6) is 0 Å². The molecule has 1 aliphatic heterocycles. The van der Waals surface area contributed by atoms with E-state index in [4.69, 9.17) is 10.2 Å². The largest absolute Gasteiger partial charge is 0.481 e. The lowest BCUT2D eigenvalue weighted by atomic mass is 9.93. The number of β-amino-alcohol motifs (C(OH)–C–C–N with tert-alkyl or cyclic N) is 1. The Morgan fingerprint density at radius 2 is 2.00 bits per heavy atom. The van der Waals surface area contributed by atoms with Crippen molar-refractivity contribution in [2.45, 2.75) is 18.6 Å². The molecule has 88 valence electrons. The van der Waals surface area contributed by atoms with Gasteiger partial charge >= 0.3 is 5.97 Å². The van der Waals surface area contributed by atoms with Gasteiger partial charge in [-0.2, -0.15) is 0 Å². The van der Waals surface area contributed by atoms with Gasteiger partial charge in [-0.25, -0.2) is 0 Å². The lowest BCUT2D eigenvalue weighted by Crippen LogP contribution is -2.53. The number of hydrogen-bond acceptors (Lipinski definition) is 5. The fourth-order valence-electron chi connectivity index (χ4n) is 1.80. The normalized spacial score (nSPS) is 32.9. The summed E-state index contributed by atoms with van der Waals surface area (Å²) in [5.41, 5.74) is 0. The molecule has 1 aliphatic rings. The Kier molecular flexibility index (Phi) is 4.46. The number of aliphatic hydroxyl groups is 3. The van der Waals surface area contributed by atoms with Gasteiger partial charge in [-0.15, -0.1) is 0 Å². The Hall–Kier alpha value is -0.690. The maximum absolute atomic E-state index is 10.4. The molecule has 0 aromatic heterocycles. The zero-order valence-corrected chi connectivity index (χ0v) is 8.41. The highest BCUT2D eigenvalue weighted by Crippen LogP contribution is 2.17.